The standard InChI is InChI=1S/C14H32N2O2/c1-4-7-14(15)8-9-16(10-12-17-5-2)11-13-18-6-3/h14H,4-13,15H2,1-3H3. The van der Waals surface area contributed by atoms with Gasteiger partial charge in [-0.05, 0) is 33.2 Å². The lowest BCUT2D eigenvalue weighted by Gasteiger charge is -2.23. The Morgan fingerprint density at radius 2 is 1.44 bits per heavy atom. The number of hydrogen-bond acceptors (Lipinski definition) is 4. The Hall–Kier alpha value is -0.160. The second-order valence-electron chi connectivity index (χ2n) is 4.57. The van der Waals surface area contributed by atoms with Crippen LogP contribution >= 0.6 is 0 Å². The third-order valence-electron chi connectivity index (χ3n) is 2.99. The zero-order valence-electron chi connectivity index (χ0n) is 12.5. The molecule has 0 aromatic heterocycles. The maximum Gasteiger partial charge on any atom is 0.0593 e. The first-order valence-corrected chi connectivity index (χ1v) is 7.37. The van der Waals surface area contributed by atoms with Crippen LogP contribution in [-0.4, -0.2) is 57.0 Å². The minimum Gasteiger partial charge on any atom is -0.380 e. The van der Waals surface area contributed by atoms with Crippen LogP contribution in [-0.2, 0) is 9.47 Å². The van der Waals surface area contributed by atoms with Crippen LogP contribution in [0.3, 0.4) is 0 Å². The average Bonchev–Trinajstić information content (AvgIpc) is 2.36. The fraction of sp³-hybridized carbons (Fsp3) is 1.00. The molecule has 4 heteroatoms. The van der Waals surface area contributed by atoms with Crippen LogP contribution in [0.5, 0.6) is 0 Å². The summed E-state index contributed by atoms with van der Waals surface area (Å²) in [6.07, 6.45) is 3.34. The lowest BCUT2D eigenvalue weighted by atomic mass is 10.1. The Bertz CT molecular complexity index is 158. The van der Waals surface area contributed by atoms with Crippen molar-refractivity contribution in [3.05, 3.63) is 0 Å². The van der Waals surface area contributed by atoms with Gasteiger partial charge in [-0.25, -0.2) is 0 Å². The molecule has 0 aliphatic heterocycles. The van der Waals surface area contributed by atoms with Gasteiger partial charge in [-0.2, -0.15) is 0 Å². The van der Waals surface area contributed by atoms with Gasteiger partial charge in [0, 0.05) is 32.3 Å². The van der Waals surface area contributed by atoms with E-state index in [1.165, 1.54) is 6.42 Å². The minimum absolute atomic E-state index is 0.330. The van der Waals surface area contributed by atoms with Crippen molar-refractivity contribution in [3.63, 3.8) is 0 Å². The quantitative estimate of drug-likeness (QED) is 0.514. The normalized spacial score (nSPS) is 13.2. The molecule has 0 aliphatic carbocycles. The predicted octanol–water partition coefficient (Wildman–Crippen LogP) is 1.88. The second kappa shape index (κ2) is 13.3. The van der Waals surface area contributed by atoms with Crippen molar-refractivity contribution in [1.82, 2.24) is 4.90 Å². The predicted molar refractivity (Wildman–Crippen MR) is 76.9 cm³/mol. The van der Waals surface area contributed by atoms with Crippen molar-refractivity contribution in [2.24, 2.45) is 5.73 Å². The van der Waals surface area contributed by atoms with Gasteiger partial charge >= 0.3 is 0 Å². The van der Waals surface area contributed by atoms with E-state index in [1.807, 2.05) is 13.8 Å². The van der Waals surface area contributed by atoms with Crippen molar-refractivity contribution >= 4 is 0 Å². The molecule has 2 N–H and O–H groups in total. The summed E-state index contributed by atoms with van der Waals surface area (Å²) in [6.45, 7) is 12.4. The van der Waals surface area contributed by atoms with Gasteiger partial charge in [0.1, 0.15) is 0 Å². The van der Waals surface area contributed by atoms with Crippen LogP contribution in [0.4, 0.5) is 0 Å². The summed E-state index contributed by atoms with van der Waals surface area (Å²) < 4.78 is 10.8. The lowest BCUT2D eigenvalue weighted by Crippen LogP contribution is -2.35. The number of nitrogens with two attached hydrogens (primary N) is 1. The molecule has 1 unspecified atom stereocenters. The first-order chi connectivity index (χ1) is 8.74. The fourth-order valence-corrected chi connectivity index (χ4v) is 1.87. The highest BCUT2D eigenvalue weighted by Gasteiger charge is 2.08. The number of rotatable bonds is 13. The van der Waals surface area contributed by atoms with Crippen LogP contribution < -0.4 is 5.73 Å². The molecule has 110 valence electrons. The molecule has 1 atom stereocenters. The van der Waals surface area contributed by atoms with Gasteiger partial charge in [0.15, 0.2) is 0 Å². The van der Waals surface area contributed by atoms with E-state index in [4.69, 9.17) is 15.2 Å². The molecule has 0 rings (SSSR count). The highest BCUT2D eigenvalue weighted by Crippen LogP contribution is 2.01. The Kier molecular flexibility index (Phi) is 13.2. The molecule has 18 heavy (non-hydrogen) atoms. The summed E-state index contributed by atoms with van der Waals surface area (Å²) >= 11 is 0. The Balaban J connectivity index is 3.79. The van der Waals surface area contributed by atoms with Crippen molar-refractivity contribution < 1.29 is 9.47 Å². The number of hydrogen-bond donors (Lipinski definition) is 1. The molecule has 0 saturated carbocycles. The molecular formula is C14H32N2O2. The zero-order valence-corrected chi connectivity index (χ0v) is 12.5. The molecule has 0 radical (unpaired) electrons. The van der Waals surface area contributed by atoms with Gasteiger partial charge < -0.3 is 15.2 Å². The first-order valence-electron chi connectivity index (χ1n) is 7.37. The van der Waals surface area contributed by atoms with E-state index in [2.05, 4.69) is 11.8 Å². The molecular weight excluding hydrogens is 228 g/mol. The maximum absolute atomic E-state index is 6.05. The van der Waals surface area contributed by atoms with Crippen LogP contribution in [0.1, 0.15) is 40.0 Å². The molecule has 0 aromatic carbocycles. The topological polar surface area (TPSA) is 47.7 Å². The van der Waals surface area contributed by atoms with E-state index < -0.39 is 0 Å². The van der Waals surface area contributed by atoms with Gasteiger partial charge in [-0.1, -0.05) is 13.3 Å². The maximum atomic E-state index is 6.05. The van der Waals surface area contributed by atoms with Gasteiger partial charge in [0.05, 0.1) is 13.2 Å². The first kappa shape index (κ1) is 17.8. The molecule has 0 heterocycles. The molecule has 0 spiro atoms. The molecule has 0 aliphatic rings. The third-order valence-corrected chi connectivity index (χ3v) is 2.99. The summed E-state index contributed by atoms with van der Waals surface area (Å²) in [6, 6.07) is 0.330. The highest BCUT2D eigenvalue weighted by molar-refractivity contribution is 4.65. The Labute approximate surface area is 113 Å². The smallest absolute Gasteiger partial charge is 0.0593 e. The van der Waals surface area contributed by atoms with Crippen LogP contribution in [0.2, 0.25) is 0 Å². The van der Waals surface area contributed by atoms with Gasteiger partial charge in [-0.3, -0.25) is 4.90 Å². The second-order valence-corrected chi connectivity index (χ2v) is 4.57. The van der Waals surface area contributed by atoms with E-state index in [1.54, 1.807) is 0 Å². The molecule has 0 saturated heterocycles. The number of nitrogens with zero attached hydrogens (tertiary/aromatic N) is 1. The summed E-state index contributed by atoms with van der Waals surface area (Å²) in [5.74, 6) is 0. The van der Waals surface area contributed by atoms with Crippen molar-refractivity contribution in [3.8, 4) is 0 Å². The summed E-state index contributed by atoms with van der Waals surface area (Å²) in [7, 11) is 0. The SMILES string of the molecule is CCCC(N)CCN(CCOCC)CCOCC. The van der Waals surface area contributed by atoms with Crippen LogP contribution in [0, 0.1) is 0 Å². The molecule has 0 aromatic rings. The van der Waals surface area contributed by atoms with Crippen LogP contribution in [0.15, 0.2) is 0 Å². The van der Waals surface area contributed by atoms with Gasteiger partial charge in [-0.15, -0.1) is 0 Å². The zero-order chi connectivity index (χ0) is 13.6. The van der Waals surface area contributed by atoms with Crippen molar-refractivity contribution in [1.29, 1.82) is 0 Å². The minimum atomic E-state index is 0.330. The summed E-state index contributed by atoms with van der Waals surface area (Å²) in [4.78, 5) is 2.39. The lowest BCUT2D eigenvalue weighted by molar-refractivity contribution is 0.0814. The van der Waals surface area contributed by atoms with Crippen molar-refractivity contribution in [2.75, 3.05) is 46.1 Å². The van der Waals surface area contributed by atoms with Gasteiger partial charge in [0.25, 0.3) is 0 Å². The van der Waals surface area contributed by atoms with E-state index in [-0.39, 0.29) is 0 Å². The molecule has 0 fully saturated rings. The Morgan fingerprint density at radius 3 is 1.89 bits per heavy atom. The Morgan fingerprint density at radius 1 is 0.889 bits per heavy atom. The van der Waals surface area contributed by atoms with E-state index in [0.717, 1.165) is 58.9 Å². The van der Waals surface area contributed by atoms with E-state index in [9.17, 15) is 0 Å². The summed E-state index contributed by atoms with van der Waals surface area (Å²) in [5, 5.41) is 0. The average molecular weight is 260 g/mol. The van der Waals surface area contributed by atoms with E-state index >= 15 is 0 Å². The number of ether oxygens (including phenoxy) is 2. The molecule has 0 amide bonds. The van der Waals surface area contributed by atoms with Gasteiger partial charge in [0.2, 0.25) is 0 Å². The van der Waals surface area contributed by atoms with Crippen LogP contribution in [0.25, 0.3) is 0 Å². The van der Waals surface area contributed by atoms with Crippen molar-refractivity contribution in [2.45, 2.75) is 46.1 Å². The fourth-order valence-electron chi connectivity index (χ4n) is 1.87. The van der Waals surface area contributed by atoms with E-state index in [0.29, 0.717) is 6.04 Å². The highest BCUT2D eigenvalue weighted by atomic mass is 16.5. The molecule has 4 nitrogen and oxygen atoms in total. The monoisotopic (exact) mass is 260 g/mol. The third kappa shape index (κ3) is 11.0. The molecule has 0 bridgehead atoms. The largest absolute Gasteiger partial charge is 0.380 e. The summed E-state index contributed by atoms with van der Waals surface area (Å²) in [5.41, 5.74) is 6.05.